The lowest BCUT2D eigenvalue weighted by molar-refractivity contribution is -0.302. The van der Waals surface area contributed by atoms with Gasteiger partial charge in [-0.2, -0.15) is 0 Å². The molecular weight excluding hydrogens is 1130 g/mol. The molecule has 91 heavy (non-hydrogen) atoms. The van der Waals surface area contributed by atoms with E-state index in [9.17, 15) is 30.3 Å². The van der Waals surface area contributed by atoms with Crippen molar-refractivity contribution in [3.8, 4) is 0 Å². The Morgan fingerprint density at radius 1 is 0.385 bits per heavy atom. The minimum absolute atomic E-state index is 0.168. The summed E-state index contributed by atoms with van der Waals surface area (Å²) in [6.45, 7) is 3.73. The number of carbonyl (C=O) groups excluding carboxylic acids is 1. The van der Waals surface area contributed by atoms with Gasteiger partial charge in [-0.25, -0.2) is 0 Å². The lowest BCUT2D eigenvalue weighted by Gasteiger charge is -2.40. The van der Waals surface area contributed by atoms with Crippen molar-refractivity contribution >= 4 is 5.91 Å². The van der Waals surface area contributed by atoms with Crippen molar-refractivity contribution in [1.82, 2.24) is 5.32 Å². The Kier molecular flexibility index (Phi) is 67.5. The number of allylic oxidation sites excluding steroid dienone is 9. The Balaban J connectivity index is 2.05. The second-order valence-corrected chi connectivity index (χ2v) is 27.8. The molecule has 534 valence electrons. The molecule has 7 atom stereocenters. The fraction of sp³-hybridized carbons (Fsp3) is 0.866. The molecule has 9 nitrogen and oxygen atoms in total. The third kappa shape index (κ3) is 58.9. The highest BCUT2D eigenvalue weighted by Gasteiger charge is 2.44. The van der Waals surface area contributed by atoms with Crippen molar-refractivity contribution in [3.05, 3.63) is 60.8 Å². The minimum atomic E-state index is -1.57. The summed E-state index contributed by atoms with van der Waals surface area (Å²) >= 11 is 0. The first-order chi connectivity index (χ1) is 44.8. The van der Waals surface area contributed by atoms with Crippen LogP contribution in [-0.4, -0.2) is 87.5 Å². The second-order valence-electron chi connectivity index (χ2n) is 27.8. The van der Waals surface area contributed by atoms with Gasteiger partial charge in [-0.3, -0.25) is 4.79 Å². The largest absolute Gasteiger partial charge is 0.394 e. The molecule has 0 bridgehead atoms. The van der Waals surface area contributed by atoms with Crippen LogP contribution >= 0.6 is 0 Å². The Bertz CT molecular complexity index is 1630. The number of hydrogen-bond donors (Lipinski definition) is 6. The number of rotatable bonds is 71. The molecule has 1 fully saturated rings. The van der Waals surface area contributed by atoms with E-state index in [-0.39, 0.29) is 12.5 Å². The summed E-state index contributed by atoms with van der Waals surface area (Å²) in [5.41, 5.74) is 0. The first-order valence-corrected chi connectivity index (χ1v) is 40.0. The van der Waals surface area contributed by atoms with Crippen LogP contribution in [0.3, 0.4) is 0 Å². The quantitative estimate of drug-likeness (QED) is 0.0261. The summed E-state index contributed by atoms with van der Waals surface area (Å²) in [4.78, 5) is 13.2. The van der Waals surface area contributed by atoms with Crippen LogP contribution in [0.5, 0.6) is 0 Å². The second kappa shape index (κ2) is 70.7. The summed E-state index contributed by atoms with van der Waals surface area (Å²) in [7, 11) is 0. The SMILES string of the molecule is CC/C=C\C/C=C\C/C=C\C/C=C\CCCCCCCCCCCCCCCCCCCCCCCCCCCCC(=O)NC(COC1OC(CO)C(O)C(O)C1O)C(O)/C=C/CCCCCCCCCCCCCCCCCCCCCCCCCCCCC. The highest BCUT2D eigenvalue weighted by molar-refractivity contribution is 5.76. The van der Waals surface area contributed by atoms with Crippen LogP contribution in [0.2, 0.25) is 0 Å². The zero-order chi connectivity index (χ0) is 65.7. The maximum Gasteiger partial charge on any atom is 0.220 e. The Labute approximate surface area is 564 Å². The van der Waals surface area contributed by atoms with E-state index in [2.05, 4.69) is 67.8 Å². The van der Waals surface area contributed by atoms with Gasteiger partial charge in [0, 0.05) is 6.42 Å². The van der Waals surface area contributed by atoms with Crippen LogP contribution in [0, 0.1) is 0 Å². The number of aliphatic hydroxyl groups excluding tert-OH is 5. The molecule has 1 saturated heterocycles. The van der Waals surface area contributed by atoms with Gasteiger partial charge in [-0.1, -0.05) is 396 Å². The molecule has 0 aromatic carbocycles. The monoisotopic (exact) mass is 1280 g/mol. The summed E-state index contributed by atoms with van der Waals surface area (Å²) < 4.78 is 11.4. The van der Waals surface area contributed by atoms with Gasteiger partial charge < -0.3 is 40.3 Å². The van der Waals surface area contributed by atoms with E-state index in [1.807, 2.05) is 6.08 Å². The molecule has 0 saturated carbocycles. The highest BCUT2D eigenvalue weighted by atomic mass is 16.7. The van der Waals surface area contributed by atoms with Gasteiger partial charge in [0.1, 0.15) is 24.4 Å². The average Bonchev–Trinajstić information content (AvgIpc) is 1.33. The number of carbonyl (C=O) groups is 1. The molecule has 9 heteroatoms. The molecule has 0 aliphatic carbocycles. The molecule has 0 spiro atoms. The number of amides is 1. The summed E-state index contributed by atoms with van der Waals surface area (Å²) in [6, 6.07) is -0.806. The molecular formula is C82H153NO8. The Morgan fingerprint density at radius 2 is 0.681 bits per heavy atom. The van der Waals surface area contributed by atoms with Crippen LogP contribution < -0.4 is 5.32 Å². The molecule has 0 aromatic rings. The third-order valence-electron chi connectivity index (χ3n) is 19.1. The van der Waals surface area contributed by atoms with Crippen LogP contribution in [0.4, 0.5) is 0 Å². The van der Waals surface area contributed by atoms with Crippen LogP contribution in [0.25, 0.3) is 0 Å². The van der Waals surface area contributed by atoms with E-state index in [0.29, 0.717) is 6.42 Å². The van der Waals surface area contributed by atoms with Crippen LogP contribution in [0.1, 0.15) is 399 Å². The number of nitrogens with one attached hydrogen (secondary N) is 1. The normalized spacial score (nSPS) is 18.0. The first kappa shape index (κ1) is 86.9. The Hall–Kier alpha value is -2.11. The number of aliphatic hydroxyl groups is 5. The van der Waals surface area contributed by atoms with Gasteiger partial charge in [0.05, 0.1) is 25.4 Å². The average molecular weight is 1280 g/mol. The van der Waals surface area contributed by atoms with E-state index in [0.717, 1.165) is 64.2 Å². The maximum absolute atomic E-state index is 13.2. The first-order valence-electron chi connectivity index (χ1n) is 40.0. The van der Waals surface area contributed by atoms with E-state index in [1.165, 1.54) is 315 Å². The summed E-state index contributed by atoms with van der Waals surface area (Å²) in [6.07, 6.45) is 92.3. The number of hydrogen-bond acceptors (Lipinski definition) is 8. The molecule has 0 aromatic heterocycles. The smallest absolute Gasteiger partial charge is 0.220 e. The van der Waals surface area contributed by atoms with Gasteiger partial charge in [-0.15, -0.1) is 0 Å². The zero-order valence-electron chi connectivity index (χ0n) is 60.1. The summed E-state index contributed by atoms with van der Waals surface area (Å²) in [5.74, 6) is -0.168. The molecule has 7 unspecified atom stereocenters. The fourth-order valence-electron chi connectivity index (χ4n) is 12.9. The van der Waals surface area contributed by atoms with Crippen molar-refractivity contribution in [2.75, 3.05) is 13.2 Å². The maximum atomic E-state index is 13.2. The predicted octanol–water partition coefficient (Wildman–Crippen LogP) is 22.9. The van der Waals surface area contributed by atoms with Crippen LogP contribution in [0.15, 0.2) is 60.8 Å². The molecule has 1 aliphatic heterocycles. The topological polar surface area (TPSA) is 149 Å². The van der Waals surface area contributed by atoms with Gasteiger partial charge in [0.25, 0.3) is 0 Å². The van der Waals surface area contributed by atoms with Crippen molar-refractivity contribution < 1.29 is 39.8 Å². The third-order valence-corrected chi connectivity index (χ3v) is 19.1. The van der Waals surface area contributed by atoms with Gasteiger partial charge in [-0.05, 0) is 57.8 Å². The van der Waals surface area contributed by atoms with Gasteiger partial charge >= 0.3 is 0 Å². The fourth-order valence-corrected chi connectivity index (χ4v) is 12.9. The van der Waals surface area contributed by atoms with Crippen molar-refractivity contribution in [3.63, 3.8) is 0 Å². The molecule has 1 aliphatic rings. The van der Waals surface area contributed by atoms with E-state index in [1.54, 1.807) is 6.08 Å². The standard InChI is InChI=1S/C82H153NO8/c1-3-5-7-9-11-13-15-17-19-21-23-25-27-29-31-33-34-35-36-37-38-39-40-41-42-44-46-48-50-52-54-56-58-60-62-64-66-68-70-72-78(86)83-75(74-90-82-81(89)80(88)79(87)77(73-84)91-82)76(85)71-69-67-65-63-61-59-57-55-53-51-49-47-45-43-32-30-28-26-24-22-20-18-16-14-12-10-8-6-4-2/h5,7,11,13,17,19,23,25,69,71,75-77,79-82,84-85,87-89H,3-4,6,8-10,12,14-16,18,20-22,24,26-68,70,72-74H2,1-2H3,(H,83,86)/b7-5-,13-11-,19-17-,25-23-,71-69+. The van der Waals surface area contributed by atoms with Crippen molar-refractivity contribution in [2.24, 2.45) is 0 Å². The lowest BCUT2D eigenvalue weighted by atomic mass is 9.99. The molecule has 1 rings (SSSR count). The predicted molar refractivity (Wildman–Crippen MR) is 392 cm³/mol. The lowest BCUT2D eigenvalue weighted by Crippen LogP contribution is -2.60. The van der Waals surface area contributed by atoms with Gasteiger partial charge in [0.2, 0.25) is 5.91 Å². The minimum Gasteiger partial charge on any atom is -0.394 e. The van der Waals surface area contributed by atoms with Crippen molar-refractivity contribution in [2.45, 2.75) is 442 Å². The molecule has 1 heterocycles. The molecule has 1 amide bonds. The van der Waals surface area contributed by atoms with Crippen molar-refractivity contribution in [1.29, 1.82) is 0 Å². The Morgan fingerprint density at radius 3 is 1.01 bits per heavy atom. The number of unbranched alkanes of at least 4 members (excludes halogenated alkanes) is 53. The highest BCUT2D eigenvalue weighted by Crippen LogP contribution is 2.24. The molecule has 0 radical (unpaired) electrons. The van der Waals surface area contributed by atoms with E-state index < -0.39 is 49.5 Å². The van der Waals surface area contributed by atoms with Crippen LogP contribution in [-0.2, 0) is 14.3 Å². The zero-order valence-corrected chi connectivity index (χ0v) is 60.1. The van der Waals surface area contributed by atoms with E-state index in [4.69, 9.17) is 9.47 Å². The van der Waals surface area contributed by atoms with Gasteiger partial charge in [0.15, 0.2) is 6.29 Å². The number of ether oxygens (including phenoxy) is 2. The molecule has 6 N–H and O–H groups in total. The van der Waals surface area contributed by atoms with E-state index >= 15 is 0 Å². The summed E-state index contributed by atoms with van der Waals surface area (Å²) in [5, 5.41) is 54.9.